The number of carbonyl (C=O) groups is 1. The van der Waals surface area contributed by atoms with E-state index < -0.39 is 5.97 Å². The van der Waals surface area contributed by atoms with E-state index in [-0.39, 0.29) is 5.92 Å². The molecular formula is C11H9BrO2. The third-order valence-corrected chi connectivity index (χ3v) is 3.87. The summed E-state index contributed by atoms with van der Waals surface area (Å²) in [6.45, 7) is 0. The van der Waals surface area contributed by atoms with Crippen LogP contribution in [-0.4, -0.2) is 11.1 Å². The monoisotopic (exact) mass is 252 g/mol. The molecule has 2 aliphatic rings. The van der Waals surface area contributed by atoms with Gasteiger partial charge in [0.2, 0.25) is 0 Å². The maximum Gasteiger partial charge on any atom is 0.307 e. The van der Waals surface area contributed by atoms with Crippen LogP contribution in [0.2, 0.25) is 0 Å². The Morgan fingerprint density at radius 3 is 3.00 bits per heavy atom. The van der Waals surface area contributed by atoms with E-state index in [1.807, 2.05) is 6.07 Å². The normalized spacial score (nSPS) is 32.2. The largest absolute Gasteiger partial charge is 0.481 e. The highest BCUT2D eigenvalue weighted by molar-refractivity contribution is 9.10. The summed E-state index contributed by atoms with van der Waals surface area (Å²) in [6.07, 6.45) is 0.941. The zero-order chi connectivity index (χ0) is 9.87. The van der Waals surface area contributed by atoms with Crippen LogP contribution in [0.5, 0.6) is 0 Å². The van der Waals surface area contributed by atoms with Crippen molar-refractivity contribution in [2.45, 2.75) is 12.3 Å². The molecule has 3 heteroatoms. The van der Waals surface area contributed by atoms with Gasteiger partial charge in [0, 0.05) is 10.4 Å². The molecule has 2 nitrogen and oxygen atoms in total. The van der Waals surface area contributed by atoms with Crippen LogP contribution in [-0.2, 0) is 11.2 Å². The van der Waals surface area contributed by atoms with Crippen LogP contribution in [0.4, 0.5) is 0 Å². The van der Waals surface area contributed by atoms with Gasteiger partial charge in [-0.3, -0.25) is 4.79 Å². The smallest absolute Gasteiger partial charge is 0.307 e. The van der Waals surface area contributed by atoms with Gasteiger partial charge in [0.15, 0.2) is 0 Å². The average Bonchev–Trinajstić information content (AvgIpc) is 2.70. The van der Waals surface area contributed by atoms with Crippen molar-refractivity contribution < 1.29 is 9.90 Å². The first-order chi connectivity index (χ1) is 6.68. The summed E-state index contributed by atoms with van der Waals surface area (Å²) in [6, 6.07) is 6.17. The highest BCUT2D eigenvalue weighted by Crippen LogP contribution is 2.61. The first-order valence-corrected chi connectivity index (χ1v) is 5.49. The molecule has 1 saturated carbocycles. The first-order valence-electron chi connectivity index (χ1n) is 4.69. The number of carboxylic acids is 1. The molecule has 1 fully saturated rings. The minimum Gasteiger partial charge on any atom is -0.481 e. The minimum absolute atomic E-state index is 0.108. The molecule has 1 N–H and O–H groups in total. The van der Waals surface area contributed by atoms with Crippen LogP contribution in [0.15, 0.2) is 22.7 Å². The molecule has 0 radical (unpaired) electrons. The molecule has 0 aromatic heterocycles. The van der Waals surface area contributed by atoms with Gasteiger partial charge in [-0.15, -0.1) is 0 Å². The van der Waals surface area contributed by atoms with Gasteiger partial charge in [-0.1, -0.05) is 22.0 Å². The number of halogens is 1. The molecule has 0 bridgehead atoms. The molecule has 0 spiro atoms. The van der Waals surface area contributed by atoms with Gasteiger partial charge in [0.1, 0.15) is 0 Å². The van der Waals surface area contributed by atoms with E-state index in [1.165, 1.54) is 11.1 Å². The van der Waals surface area contributed by atoms with Crippen LogP contribution in [0, 0.1) is 11.8 Å². The first kappa shape index (κ1) is 8.48. The second-order valence-electron chi connectivity index (χ2n) is 4.10. The third-order valence-electron chi connectivity index (χ3n) is 3.37. The Bertz CT molecular complexity index is 427. The number of carboxylic acid groups (broad SMARTS) is 1. The van der Waals surface area contributed by atoms with Crippen LogP contribution < -0.4 is 0 Å². The maximum absolute atomic E-state index is 10.8. The lowest BCUT2D eigenvalue weighted by Crippen LogP contribution is -2.04. The molecule has 0 heterocycles. The fourth-order valence-corrected chi connectivity index (χ4v) is 3.13. The molecule has 2 aliphatic carbocycles. The molecule has 0 aliphatic heterocycles. The third kappa shape index (κ3) is 0.989. The van der Waals surface area contributed by atoms with Gasteiger partial charge in [-0.2, -0.15) is 0 Å². The van der Waals surface area contributed by atoms with Crippen molar-refractivity contribution in [2.24, 2.45) is 11.8 Å². The summed E-state index contributed by atoms with van der Waals surface area (Å²) in [7, 11) is 0. The maximum atomic E-state index is 10.8. The second-order valence-corrected chi connectivity index (χ2v) is 5.02. The quantitative estimate of drug-likeness (QED) is 0.834. The van der Waals surface area contributed by atoms with E-state index in [1.54, 1.807) is 0 Å². The Labute approximate surface area is 90.1 Å². The van der Waals surface area contributed by atoms with Crippen molar-refractivity contribution >= 4 is 21.9 Å². The lowest BCUT2D eigenvalue weighted by atomic mass is 10.0. The van der Waals surface area contributed by atoms with Crippen LogP contribution in [0.1, 0.15) is 17.0 Å². The molecule has 3 rings (SSSR count). The Morgan fingerprint density at radius 2 is 2.29 bits per heavy atom. The van der Waals surface area contributed by atoms with Gasteiger partial charge in [0.25, 0.3) is 0 Å². The Balaban J connectivity index is 1.99. The van der Waals surface area contributed by atoms with Gasteiger partial charge < -0.3 is 5.11 Å². The number of rotatable bonds is 1. The Kier molecular flexibility index (Phi) is 1.57. The number of hydrogen-bond donors (Lipinski definition) is 1. The summed E-state index contributed by atoms with van der Waals surface area (Å²) in [4.78, 5) is 10.8. The molecule has 3 atom stereocenters. The zero-order valence-electron chi connectivity index (χ0n) is 7.40. The Morgan fingerprint density at radius 1 is 1.50 bits per heavy atom. The van der Waals surface area contributed by atoms with Gasteiger partial charge in [-0.05, 0) is 35.6 Å². The van der Waals surface area contributed by atoms with Gasteiger partial charge in [-0.25, -0.2) is 0 Å². The predicted molar refractivity (Wildman–Crippen MR) is 55.2 cm³/mol. The summed E-state index contributed by atoms with van der Waals surface area (Å²) in [5, 5.41) is 8.93. The van der Waals surface area contributed by atoms with Crippen LogP contribution in [0.3, 0.4) is 0 Å². The lowest BCUT2D eigenvalue weighted by molar-refractivity contribution is -0.139. The van der Waals surface area contributed by atoms with E-state index >= 15 is 0 Å². The number of hydrogen-bond acceptors (Lipinski definition) is 1. The average molecular weight is 253 g/mol. The van der Waals surface area contributed by atoms with Crippen LogP contribution >= 0.6 is 15.9 Å². The van der Waals surface area contributed by atoms with Gasteiger partial charge in [0.05, 0.1) is 5.92 Å². The van der Waals surface area contributed by atoms with E-state index in [9.17, 15) is 4.79 Å². The lowest BCUT2D eigenvalue weighted by Gasteiger charge is -2.04. The van der Waals surface area contributed by atoms with E-state index in [0.29, 0.717) is 11.8 Å². The number of benzene rings is 1. The zero-order valence-corrected chi connectivity index (χ0v) is 8.99. The van der Waals surface area contributed by atoms with Crippen LogP contribution in [0.25, 0.3) is 0 Å². The topological polar surface area (TPSA) is 37.3 Å². The number of fused-ring (bicyclic) bond motifs is 3. The summed E-state index contributed by atoms with van der Waals surface area (Å²) in [5.41, 5.74) is 2.58. The van der Waals surface area contributed by atoms with Crippen molar-refractivity contribution in [3.05, 3.63) is 33.8 Å². The van der Waals surface area contributed by atoms with E-state index in [2.05, 4.69) is 28.1 Å². The van der Waals surface area contributed by atoms with Crippen molar-refractivity contribution in [2.75, 3.05) is 0 Å². The standard InChI is InChI=1S/C11H9BrO2/c12-6-1-2-7-5(3-6)4-8-9(7)10(8)11(13)14/h1-3,8-10H,4H2,(H,13,14)/t8-,9+,10-/m1/s1. The highest BCUT2D eigenvalue weighted by atomic mass is 79.9. The van der Waals surface area contributed by atoms with Crippen molar-refractivity contribution in [3.63, 3.8) is 0 Å². The molecule has 72 valence electrons. The Hall–Kier alpha value is -0.830. The minimum atomic E-state index is -0.631. The summed E-state index contributed by atoms with van der Waals surface area (Å²) >= 11 is 3.43. The molecule has 0 unspecified atom stereocenters. The molecule has 0 saturated heterocycles. The van der Waals surface area contributed by atoms with Gasteiger partial charge >= 0.3 is 5.97 Å². The predicted octanol–water partition coefficient (Wildman–Crippen LogP) is 2.42. The van der Waals surface area contributed by atoms with Crippen molar-refractivity contribution in [1.29, 1.82) is 0 Å². The summed E-state index contributed by atoms with van der Waals surface area (Å²) < 4.78 is 1.09. The molecule has 1 aromatic rings. The van der Waals surface area contributed by atoms with Crippen molar-refractivity contribution in [1.82, 2.24) is 0 Å². The molecule has 0 amide bonds. The molecular weight excluding hydrogens is 244 g/mol. The van der Waals surface area contributed by atoms with E-state index in [4.69, 9.17) is 5.11 Å². The molecule has 1 aromatic carbocycles. The van der Waals surface area contributed by atoms with E-state index in [0.717, 1.165) is 10.9 Å². The molecule has 14 heavy (non-hydrogen) atoms. The highest BCUT2D eigenvalue weighted by Gasteiger charge is 2.59. The summed E-state index contributed by atoms with van der Waals surface area (Å²) in [5.74, 6) is -0.0651. The second kappa shape index (κ2) is 2.60. The SMILES string of the molecule is O=C(O)[C@@H]1[C@@H]2Cc3cc(Br)ccc3[C@@H]21. The fourth-order valence-electron chi connectivity index (χ4n) is 2.72. The fraction of sp³-hybridized carbons (Fsp3) is 0.364. The van der Waals surface area contributed by atoms with Crippen molar-refractivity contribution in [3.8, 4) is 0 Å². The number of aliphatic carboxylic acids is 1.